The van der Waals surface area contributed by atoms with Gasteiger partial charge in [0.1, 0.15) is 6.33 Å². The predicted octanol–water partition coefficient (Wildman–Crippen LogP) is 5.41. The number of fused-ring (bicyclic) bond motifs is 4. The van der Waals surface area contributed by atoms with E-state index in [1.54, 1.807) is 30.5 Å². The Morgan fingerprint density at radius 2 is 2.02 bits per heavy atom. The van der Waals surface area contributed by atoms with Crippen molar-refractivity contribution >= 4 is 41.1 Å². The number of rotatable bonds is 5. The van der Waals surface area contributed by atoms with E-state index in [4.69, 9.17) is 16.3 Å². The Morgan fingerprint density at radius 1 is 1.12 bits per heavy atom. The van der Waals surface area contributed by atoms with Gasteiger partial charge in [0.05, 0.1) is 24.5 Å². The molecule has 210 valence electrons. The van der Waals surface area contributed by atoms with Crippen molar-refractivity contribution in [1.82, 2.24) is 30.5 Å². The summed E-state index contributed by atoms with van der Waals surface area (Å²) in [6.45, 7) is 0.773. The average molecular weight is 573 g/mol. The molecular weight excluding hydrogens is 544 g/mol. The normalized spacial score (nSPS) is 15.1. The van der Waals surface area contributed by atoms with Gasteiger partial charge in [-0.3, -0.25) is 15.1 Å². The predicted molar refractivity (Wildman–Crippen MR) is 157 cm³/mol. The summed E-state index contributed by atoms with van der Waals surface area (Å²) in [4.78, 5) is 29.5. The van der Waals surface area contributed by atoms with Crippen LogP contribution >= 0.6 is 11.6 Å². The monoisotopic (exact) mass is 572 g/mol. The Labute approximate surface area is 242 Å². The summed E-state index contributed by atoms with van der Waals surface area (Å²) in [6.07, 6.45) is 9.46. The first-order chi connectivity index (χ1) is 20.0. The third-order valence-electron chi connectivity index (χ3n) is 6.70. The van der Waals surface area contributed by atoms with Crippen LogP contribution in [0.5, 0.6) is 0 Å². The molecule has 3 heterocycles. The molecular formula is C29H29ClN8O3. The molecule has 1 atom stereocenters. The summed E-state index contributed by atoms with van der Waals surface area (Å²) in [5.74, 6) is -0.252. The molecule has 5 rings (SSSR count). The van der Waals surface area contributed by atoms with Crippen LogP contribution in [-0.2, 0) is 9.53 Å². The van der Waals surface area contributed by atoms with Crippen LogP contribution < -0.4 is 16.0 Å². The summed E-state index contributed by atoms with van der Waals surface area (Å²) >= 11 is 6.22. The van der Waals surface area contributed by atoms with Gasteiger partial charge in [-0.1, -0.05) is 30.5 Å². The second-order valence-corrected chi connectivity index (χ2v) is 9.91. The molecule has 3 N–H and O–H groups in total. The quantitative estimate of drug-likeness (QED) is 0.270. The van der Waals surface area contributed by atoms with Crippen molar-refractivity contribution in [3.63, 3.8) is 0 Å². The van der Waals surface area contributed by atoms with Gasteiger partial charge in [0.25, 0.3) is 0 Å². The van der Waals surface area contributed by atoms with Crippen molar-refractivity contribution < 1.29 is 14.3 Å². The van der Waals surface area contributed by atoms with Crippen LogP contribution in [0.15, 0.2) is 67.1 Å². The standard InChI is InChI=1S/C29H29ClN8O3/c1-41-29(40)34-22-8-9-23-19-12-14-32-26(16-19)24(5-3-2-4-13-31-25(23)17-22)35-28(39)11-6-20-15-21(30)7-10-27(20)38-18-33-36-37-38/h6-12,14-18,24,31H,2-5,13H2,1H3,(H,34,40)(H,35,39)/b11-6+/t24-/m0/s1. The van der Waals surface area contributed by atoms with Crippen LogP contribution in [0.1, 0.15) is 43.0 Å². The lowest BCUT2D eigenvalue weighted by Crippen LogP contribution is -2.27. The lowest BCUT2D eigenvalue weighted by Gasteiger charge is -2.21. The molecule has 0 saturated carbocycles. The number of nitrogens with zero attached hydrogens (tertiary/aromatic N) is 5. The van der Waals surface area contributed by atoms with Crippen LogP contribution in [0.25, 0.3) is 22.9 Å². The Hall–Kier alpha value is -4.77. The van der Waals surface area contributed by atoms with Crippen LogP contribution in [0, 0.1) is 0 Å². The fourth-order valence-electron chi connectivity index (χ4n) is 4.69. The fourth-order valence-corrected chi connectivity index (χ4v) is 4.87. The molecule has 2 amide bonds. The first kappa shape index (κ1) is 27.8. The Kier molecular flexibility index (Phi) is 8.85. The van der Waals surface area contributed by atoms with Crippen LogP contribution in [0.3, 0.4) is 0 Å². The van der Waals surface area contributed by atoms with Gasteiger partial charge in [0, 0.05) is 46.3 Å². The number of halogens is 1. The van der Waals surface area contributed by atoms with E-state index in [1.807, 2.05) is 30.3 Å². The zero-order valence-corrected chi connectivity index (χ0v) is 23.1. The van der Waals surface area contributed by atoms with Crippen molar-refractivity contribution in [2.75, 3.05) is 24.3 Å². The van der Waals surface area contributed by atoms with Gasteiger partial charge >= 0.3 is 6.09 Å². The molecule has 2 bridgehead atoms. The van der Waals surface area contributed by atoms with E-state index in [0.717, 1.165) is 54.7 Å². The number of ether oxygens (including phenoxy) is 1. The molecule has 0 spiro atoms. The van der Waals surface area contributed by atoms with Crippen LogP contribution in [0.4, 0.5) is 16.2 Å². The SMILES string of the molecule is COC(=O)Nc1ccc2c(c1)NCCCCC[C@H](NC(=O)/C=C/c1cc(Cl)ccc1-n1cnnn1)c1cc-2ccn1. The highest BCUT2D eigenvalue weighted by atomic mass is 35.5. The second kappa shape index (κ2) is 13.1. The number of hydrogen-bond donors (Lipinski definition) is 3. The van der Waals surface area contributed by atoms with Gasteiger partial charge in [-0.25, -0.2) is 4.79 Å². The fraction of sp³-hybridized carbons (Fsp3) is 0.241. The lowest BCUT2D eigenvalue weighted by molar-refractivity contribution is -0.117. The zero-order valence-electron chi connectivity index (χ0n) is 22.4. The Morgan fingerprint density at radius 3 is 2.85 bits per heavy atom. The molecule has 2 aromatic heterocycles. The molecule has 0 radical (unpaired) electrons. The minimum Gasteiger partial charge on any atom is -0.453 e. The number of methoxy groups -OCH3 is 1. The number of carbonyl (C=O) groups excluding carboxylic acids is 2. The number of amides is 2. The summed E-state index contributed by atoms with van der Waals surface area (Å²) in [6, 6.07) is 14.6. The van der Waals surface area contributed by atoms with E-state index in [2.05, 4.69) is 36.5 Å². The molecule has 0 fully saturated rings. The second-order valence-electron chi connectivity index (χ2n) is 9.47. The molecule has 1 aliphatic heterocycles. The van der Waals surface area contributed by atoms with Crippen molar-refractivity contribution in [2.45, 2.75) is 31.7 Å². The highest BCUT2D eigenvalue weighted by Crippen LogP contribution is 2.33. The van der Waals surface area contributed by atoms with E-state index >= 15 is 0 Å². The third kappa shape index (κ3) is 7.06. The number of tetrazole rings is 1. The highest BCUT2D eigenvalue weighted by Gasteiger charge is 2.18. The summed E-state index contributed by atoms with van der Waals surface area (Å²) in [5, 5.41) is 21.2. The van der Waals surface area contributed by atoms with Gasteiger partial charge in [-0.05, 0) is 77.4 Å². The summed E-state index contributed by atoms with van der Waals surface area (Å²) in [5.41, 5.74) is 5.59. The number of nitrogens with one attached hydrogen (secondary N) is 3. The largest absolute Gasteiger partial charge is 0.453 e. The molecule has 0 saturated heterocycles. The Bertz CT molecular complexity index is 1560. The number of pyridine rings is 1. The molecule has 0 unspecified atom stereocenters. The van der Waals surface area contributed by atoms with Gasteiger partial charge in [-0.15, -0.1) is 5.10 Å². The zero-order chi connectivity index (χ0) is 28.6. The molecule has 2 aromatic carbocycles. The van der Waals surface area contributed by atoms with E-state index in [9.17, 15) is 9.59 Å². The average Bonchev–Trinajstić information content (AvgIpc) is 3.52. The van der Waals surface area contributed by atoms with Gasteiger partial charge in [0.2, 0.25) is 5.91 Å². The molecule has 0 aliphatic carbocycles. The molecule has 11 nitrogen and oxygen atoms in total. The number of aromatic nitrogens is 5. The van der Waals surface area contributed by atoms with Crippen molar-refractivity contribution in [3.8, 4) is 16.8 Å². The maximum atomic E-state index is 13.1. The highest BCUT2D eigenvalue weighted by molar-refractivity contribution is 6.30. The van der Waals surface area contributed by atoms with E-state index in [1.165, 1.54) is 24.2 Å². The van der Waals surface area contributed by atoms with Crippen molar-refractivity contribution in [3.05, 3.63) is 83.4 Å². The number of anilines is 2. The molecule has 4 aromatic rings. The summed E-state index contributed by atoms with van der Waals surface area (Å²) < 4.78 is 6.24. The van der Waals surface area contributed by atoms with E-state index < -0.39 is 6.09 Å². The molecule has 1 aliphatic rings. The van der Waals surface area contributed by atoms with Crippen LogP contribution in [-0.4, -0.2) is 50.8 Å². The maximum Gasteiger partial charge on any atom is 0.411 e. The number of carbonyl (C=O) groups is 2. The molecule has 41 heavy (non-hydrogen) atoms. The van der Waals surface area contributed by atoms with Crippen molar-refractivity contribution in [1.29, 1.82) is 0 Å². The lowest BCUT2D eigenvalue weighted by atomic mass is 9.98. The molecule has 12 heteroatoms. The summed E-state index contributed by atoms with van der Waals surface area (Å²) in [7, 11) is 1.33. The third-order valence-corrected chi connectivity index (χ3v) is 6.94. The topological polar surface area (TPSA) is 136 Å². The van der Waals surface area contributed by atoms with Gasteiger partial charge in [0.15, 0.2) is 0 Å². The maximum absolute atomic E-state index is 13.1. The number of benzene rings is 2. The van der Waals surface area contributed by atoms with Gasteiger partial charge in [-0.2, -0.15) is 4.68 Å². The smallest absolute Gasteiger partial charge is 0.411 e. The van der Waals surface area contributed by atoms with Gasteiger partial charge < -0.3 is 15.4 Å². The van der Waals surface area contributed by atoms with Crippen molar-refractivity contribution in [2.24, 2.45) is 0 Å². The minimum atomic E-state index is -0.529. The van der Waals surface area contributed by atoms with E-state index in [0.29, 0.717) is 22.0 Å². The van der Waals surface area contributed by atoms with Crippen LogP contribution in [0.2, 0.25) is 5.02 Å². The minimum absolute atomic E-state index is 0.252. The first-order valence-corrected chi connectivity index (χ1v) is 13.6. The van der Waals surface area contributed by atoms with E-state index in [-0.39, 0.29) is 11.9 Å². The Balaban J connectivity index is 1.39. The number of hydrogen-bond acceptors (Lipinski definition) is 8. The first-order valence-electron chi connectivity index (χ1n) is 13.2.